The van der Waals surface area contributed by atoms with Gasteiger partial charge in [-0.3, -0.25) is 4.98 Å². The van der Waals surface area contributed by atoms with E-state index in [0.29, 0.717) is 34.1 Å². The van der Waals surface area contributed by atoms with Crippen LogP contribution in [0.1, 0.15) is 22.5 Å². The van der Waals surface area contributed by atoms with Crippen molar-refractivity contribution in [3.05, 3.63) is 46.8 Å². The van der Waals surface area contributed by atoms with Gasteiger partial charge in [0.25, 0.3) is 0 Å². The third kappa shape index (κ3) is 2.93. The van der Waals surface area contributed by atoms with Crippen LogP contribution in [0.2, 0.25) is 0 Å². The lowest BCUT2D eigenvalue weighted by atomic mass is 10.1. The van der Waals surface area contributed by atoms with Crippen molar-refractivity contribution in [3.63, 3.8) is 0 Å². The molecule has 5 heteroatoms. The van der Waals surface area contributed by atoms with Crippen LogP contribution in [0.3, 0.4) is 0 Å². The molecule has 104 valence electrons. The first kappa shape index (κ1) is 14.4. The maximum absolute atomic E-state index is 9.23. The van der Waals surface area contributed by atoms with Gasteiger partial charge in [-0.05, 0) is 26.0 Å². The topological polar surface area (TPSA) is 78.9 Å². The van der Waals surface area contributed by atoms with Gasteiger partial charge in [0.1, 0.15) is 17.4 Å². The molecule has 0 spiro atoms. The number of methoxy groups -OCH3 is 1. The van der Waals surface area contributed by atoms with Gasteiger partial charge in [-0.2, -0.15) is 10.5 Å². The van der Waals surface area contributed by atoms with Crippen molar-refractivity contribution in [1.29, 1.82) is 10.5 Å². The third-order valence-electron chi connectivity index (χ3n) is 2.92. The zero-order valence-corrected chi connectivity index (χ0v) is 12.0. The van der Waals surface area contributed by atoms with Crippen LogP contribution in [-0.2, 0) is 0 Å². The fraction of sp³-hybridized carbons (Fsp3) is 0.188. The Kier molecular flexibility index (Phi) is 4.06. The molecule has 1 aromatic carbocycles. The number of nitriles is 2. The maximum Gasteiger partial charge on any atom is 0.169 e. The fourth-order valence-corrected chi connectivity index (χ4v) is 1.95. The first-order chi connectivity index (χ1) is 10.1. The van der Waals surface area contributed by atoms with Gasteiger partial charge in [0.2, 0.25) is 0 Å². The van der Waals surface area contributed by atoms with Gasteiger partial charge in [-0.1, -0.05) is 0 Å². The van der Waals surface area contributed by atoms with Crippen LogP contribution in [0.5, 0.6) is 17.2 Å². The molecule has 2 aromatic rings. The Morgan fingerprint density at radius 1 is 1.00 bits per heavy atom. The summed E-state index contributed by atoms with van der Waals surface area (Å²) < 4.78 is 11.0. The second-order valence-electron chi connectivity index (χ2n) is 4.41. The number of nitrogens with zero attached hydrogens (tertiary/aromatic N) is 3. The summed E-state index contributed by atoms with van der Waals surface area (Å²) in [6, 6.07) is 10.7. The Hall–Kier alpha value is -3.05. The van der Waals surface area contributed by atoms with E-state index in [1.165, 1.54) is 7.11 Å². The highest BCUT2D eigenvalue weighted by atomic mass is 16.5. The smallest absolute Gasteiger partial charge is 0.169 e. The van der Waals surface area contributed by atoms with Crippen LogP contribution in [0.15, 0.2) is 24.3 Å². The van der Waals surface area contributed by atoms with Gasteiger partial charge in [-0.15, -0.1) is 0 Å². The molecule has 0 saturated carbocycles. The Balaban J connectivity index is 2.49. The fourth-order valence-electron chi connectivity index (χ4n) is 1.95. The zero-order valence-electron chi connectivity index (χ0n) is 12.0. The summed E-state index contributed by atoms with van der Waals surface area (Å²) in [4.78, 5) is 4.24. The second kappa shape index (κ2) is 5.94. The van der Waals surface area contributed by atoms with E-state index < -0.39 is 0 Å². The molecule has 0 bridgehead atoms. The van der Waals surface area contributed by atoms with Crippen LogP contribution in [0, 0.1) is 36.5 Å². The molecule has 0 aliphatic heterocycles. The summed E-state index contributed by atoms with van der Waals surface area (Å²) in [6.45, 7) is 3.59. The van der Waals surface area contributed by atoms with Crippen LogP contribution >= 0.6 is 0 Å². The number of benzene rings is 1. The van der Waals surface area contributed by atoms with Gasteiger partial charge < -0.3 is 9.47 Å². The lowest BCUT2D eigenvalue weighted by molar-refractivity contribution is 0.378. The zero-order chi connectivity index (χ0) is 15.4. The number of hydrogen-bond acceptors (Lipinski definition) is 5. The molecule has 5 nitrogen and oxygen atoms in total. The standard InChI is InChI=1S/C16H13N3O2/c1-10-6-15(13(9-18)11(2)19-10)21-14-5-4-12(8-17)7-16(14)20-3/h4-7H,1-3H3. The molecule has 21 heavy (non-hydrogen) atoms. The first-order valence-electron chi connectivity index (χ1n) is 6.23. The number of hydrogen-bond donors (Lipinski definition) is 0. The van der Waals surface area contributed by atoms with E-state index >= 15 is 0 Å². The molecule has 0 unspecified atom stereocenters. The molecule has 0 fully saturated rings. The average molecular weight is 279 g/mol. The lowest BCUT2D eigenvalue weighted by Gasteiger charge is -2.13. The summed E-state index contributed by atoms with van der Waals surface area (Å²) >= 11 is 0. The van der Waals surface area contributed by atoms with E-state index in [2.05, 4.69) is 11.1 Å². The summed E-state index contributed by atoms with van der Waals surface area (Å²) in [5, 5.41) is 18.1. The van der Waals surface area contributed by atoms with Gasteiger partial charge >= 0.3 is 0 Å². The summed E-state index contributed by atoms with van der Waals surface area (Å²) in [7, 11) is 1.50. The molecule has 0 N–H and O–H groups in total. The van der Waals surface area contributed by atoms with Crippen LogP contribution < -0.4 is 9.47 Å². The van der Waals surface area contributed by atoms with Crippen molar-refractivity contribution < 1.29 is 9.47 Å². The molecule has 0 amide bonds. The van der Waals surface area contributed by atoms with Gasteiger partial charge in [0.05, 0.1) is 24.4 Å². The molecule has 1 heterocycles. The molecule has 0 saturated heterocycles. The average Bonchev–Trinajstić information content (AvgIpc) is 2.47. The van der Waals surface area contributed by atoms with Crippen molar-refractivity contribution >= 4 is 0 Å². The minimum atomic E-state index is 0.381. The number of aryl methyl sites for hydroxylation is 2. The van der Waals surface area contributed by atoms with E-state index in [9.17, 15) is 5.26 Å². The van der Waals surface area contributed by atoms with Crippen LogP contribution in [0.4, 0.5) is 0 Å². The van der Waals surface area contributed by atoms with Gasteiger partial charge in [0, 0.05) is 17.8 Å². The Morgan fingerprint density at radius 3 is 2.38 bits per heavy atom. The molecular formula is C16H13N3O2. The number of pyridine rings is 1. The minimum Gasteiger partial charge on any atom is -0.493 e. The van der Waals surface area contributed by atoms with E-state index in [4.69, 9.17) is 14.7 Å². The third-order valence-corrected chi connectivity index (χ3v) is 2.92. The predicted octanol–water partition coefficient (Wildman–Crippen LogP) is 3.24. The van der Waals surface area contributed by atoms with E-state index in [1.807, 2.05) is 13.0 Å². The molecule has 2 rings (SSSR count). The number of rotatable bonds is 3. The largest absolute Gasteiger partial charge is 0.493 e. The van der Waals surface area contributed by atoms with Gasteiger partial charge in [-0.25, -0.2) is 0 Å². The first-order valence-corrected chi connectivity index (χ1v) is 6.23. The highest BCUT2D eigenvalue weighted by Crippen LogP contribution is 2.34. The highest BCUT2D eigenvalue weighted by Gasteiger charge is 2.13. The Bertz CT molecular complexity index is 770. The maximum atomic E-state index is 9.23. The van der Waals surface area contributed by atoms with E-state index in [1.54, 1.807) is 31.2 Å². The minimum absolute atomic E-state index is 0.381. The molecular weight excluding hydrogens is 266 g/mol. The quantitative estimate of drug-likeness (QED) is 0.861. The monoisotopic (exact) mass is 279 g/mol. The predicted molar refractivity (Wildman–Crippen MR) is 76.2 cm³/mol. The SMILES string of the molecule is COc1cc(C#N)ccc1Oc1cc(C)nc(C)c1C#N. The second-order valence-corrected chi connectivity index (χ2v) is 4.41. The summed E-state index contributed by atoms with van der Waals surface area (Å²) in [5.41, 5.74) is 2.23. The lowest BCUT2D eigenvalue weighted by Crippen LogP contribution is -1.98. The Labute approximate surface area is 123 Å². The highest BCUT2D eigenvalue weighted by molar-refractivity contribution is 5.52. The van der Waals surface area contributed by atoms with Crippen molar-refractivity contribution in [2.75, 3.05) is 7.11 Å². The van der Waals surface area contributed by atoms with E-state index in [-0.39, 0.29) is 0 Å². The molecule has 0 atom stereocenters. The van der Waals surface area contributed by atoms with Crippen molar-refractivity contribution in [1.82, 2.24) is 4.98 Å². The van der Waals surface area contributed by atoms with Crippen molar-refractivity contribution in [3.8, 4) is 29.4 Å². The summed E-state index contributed by atoms with van der Waals surface area (Å²) in [5.74, 6) is 1.30. The van der Waals surface area contributed by atoms with Crippen LogP contribution in [0.25, 0.3) is 0 Å². The normalized spacial score (nSPS) is 9.57. The molecule has 0 aliphatic carbocycles. The summed E-state index contributed by atoms with van der Waals surface area (Å²) in [6.07, 6.45) is 0. The molecule has 0 radical (unpaired) electrons. The Morgan fingerprint density at radius 2 is 1.76 bits per heavy atom. The van der Waals surface area contributed by atoms with Crippen molar-refractivity contribution in [2.45, 2.75) is 13.8 Å². The molecule has 0 aliphatic rings. The number of ether oxygens (including phenoxy) is 2. The van der Waals surface area contributed by atoms with Crippen LogP contribution in [-0.4, -0.2) is 12.1 Å². The van der Waals surface area contributed by atoms with Gasteiger partial charge in [0.15, 0.2) is 11.5 Å². The number of aromatic nitrogens is 1. The van der Waals surface area contributed by atoms with E-state index in [0.717, 1.165) is 5.69 Å². The molecule has 1 aromatic heterocycles. The van der Waals surface area contributed by atoms with Crippen molar-refractivity contribution in [2.24, 2.45) is 0 Å².